The first-order valence-electron chi connectivity index (χ1n) is 7.67. The Morgan fingerprint density at radius 3 is 2.64 bits per heavy atom. The molecule has 8 nitrogen and oxygen atoms in total. The number of aliphatic carboxylic acids is 1. The first-order valence-corrected chi connectivity index (χ1v) is 7.67. The van der Waals surface area contributed by atoms with E-state index in [4.69, 9.17) is 16.6 Å². The second-order valence-corrected chi connectivity index (χ2v) is 5.65. The molecule has 0 spiro atoms. The number of hydrogen-bond acceptors (Lipinski definition) is 5. The molecule has 1 fully saturated rings. The molecule has 6 N–H and O–H groups in total. The van der Waals surface area contributed by atoms with E-state index in [1.54, 1.807) is 0 Å². The van der Waals surface area contributed by atoms with Gasteiger partial charge in [0, 0.05) is 6.54 Å². The molecule has 0 aliphatic carbocycles. The quantitative estimate of drug-likeness (QED) is 0.425. The molecule has 3 atom stereocenters. The third-order valence-corrected chi connectivity index (χ3v) is 3.85. The molecule has 0 radical (unpaired) electrons. The van der Waals surface area contributed by atoms with E-state index in [0.717, 1.165) is 12.8 Å². The third kappa shape index (κ3) is 4.96. The zero-order valence-electron chi connectivity index (χ0n) is 13.0. The number of carboxylic acids is 1. The Kier molecular flexibility index (Phi) is 7.26. The van der Waals surface area contributed by atoms with Gasteiger partial charge in [-0.2, -0.15) is 0 Å². The molecule has 0 unspecified atom stereocenters. The summed E-state index contributed by atoms with van der Waals surface area (Å²) in [7, 11) is 0. The zero-order valence-corrected chi connectivity index (χ0v) is 13.0. The Morgan fingerprint density at radius 1 is 1.36 bits per heavy atom. The van der Waals surface area contributed by atoms with Crippen molar-refractivity contribution in [2.45, 2.75) is 57.2 Å². The number of nitrogens with two attached hydrogens (primary N) is 2. The lowest BCUT2D eigenvalue weighted by Gasteiger charge is -2.27. The smallest absolute Gasteiger partial charge is 0.325 e. The summed E-state index contributed by atoms with van der Waals surface area (Å²) in [5.41, 5.74) is 11.3. The van der Waals surface area contributed by atoms with Crippen LogP contribution < -0.4 is 16.8 Å². The summed E-state index contributed by atoms with van der Waals surface area (Å²) in [6, 6.07) is -2.25. The number of likely N-dealkylation sites (tertiary alicyclic amines) is 1. The van der Waals surface area contributed by atoms with E-state index < -0.39 is 30.0 Å². The fourth-order valence-corrected chi connectivity index (χ4v) is 2.52. The summed E-state index contributed by atoms with van der Waals surface area (Å²) in [5.74, 6) is -1.80. The monoisotopic (exact) mass is 314 g/mol. The lowest BCUT2D eigenvalue weighted by atomic mass is 10.1. The number of amides is 2. The van der Waals surface area contributed by atoms with Gasteiger partial charge in [0.1, 0.15) is 12.1 Å². The van der Waals surface area contributed by atoms with E-state index in [1.165, 1.54) is 11.8 Å². The predicted octanol–water partition coefficient (Wildman–Crippen LogP) is -0.977. The molecule has 0 bridgehead atoms. The number of hydrogen-bond donors (Lipinski definition) is 4. The van der Waals surface area contributed by atoms with E-state index in [2.05, 4.69) is 5.32 Å². The van der Waals surface area contributed by atoms with Crippen LogP contribution in [0.1, 0.15) is 39.0 Å². The van der Waals surface area contributed by atoms with Gasteiger partial charge in [-0.05, 0) is 39.2 Å². The van der Waals surface area contributed by atoms with Crippen LogP contribution in [0.2, 0.25) is 0 Å². The number of carbonyl (C=O) groups is 3. The highest BCUT2D eigenvalue weighted by atomic mass is 16.4. The van der Waals surface area contributed by atoms with Gasteiger partial charge in [-0.15, -0.1) is 0 Å². The minimum atomic E-state index is -1.11. The Balaban J connectivity index is 2.59. The van der Waals surface area contributed by atoms with Crippen LogP contribution in [0.3, 0.4) is 0 Å². The van der Waals surface area contributed by atoms with Crippen molar-refractivity contribution < 1.29 is 19.5 Å². The summed E-state index contributed by atoms with van der Waals surface area (Å²) in [4.78, 5) is 36.7. The van der Waals surface area contributed by atoms with Crippen molar-refractivity contribution in [3.8, 4) is 0 Å². The normalized spacial score (nSPS) is 20.5. The van der Waals surface area contributed by atoms with Crippen LogP contribution in [0.5, 0.6) is 0 Å². The van der Waals surface area contributed by atoms with Crippen LogP contribution >= 0.6 is 0 Å². The molecule has 22 heavy (non-hydrogen) atoms. The highest BCUT2D eigenvalue weighted by molar-refractivity contribution is 5.92. The molecule has 1 saturated heterocycles. The molecule has 0 aromatic rings. The average Bonchev–Trinajstić information content (AvgIpc) is 2.95. The van der Waals surface area contributed by atoms with Crippen molar-refractivity contribution in [3.05, 3.63) is 0 Å². The van der Waals surface area contributed by atoms with Crippen molar-refractivity contribution in [1.29, 1.82) is 0 Å². The number of nitrogens with zero attached hydrogens (tertiary/aromatic N) is 1. The Morgan fingerprint density at radius 2 is 2.05 bits per heavy atom. The Labute approximate surface area is 130 Å². The van der Waals surface area contributed by atoms with Crippen LogP contribution in [0, 0.1) is 0 Å². The molecule has 0 saturated carbocycles. The number of rotatable bonds is 8. The van der Waals surface area contributed by atoms with E-state index >= 15 is 0 Å². The molecule has 0 aromatic carbocycles. The topological polar surface area (TPSA) is 139 Å². The minimum Gasteiger partial charge on any atom is -0.480 e. The Bertz CT molecular complexity index is 416. The highest BCUT2D eigenvalue weighted by Gasteiger charge is 2.36. The summed E-state index contributed by atoms with van der Waals surface area (Å²) in [6.45, 7) is 2.42. The van der Waals surface area contributed by atoms with Gasteiger partial charge >= 0.3 is 5.97 Å². The fourth-order valence-electron chi connectivity index (χ4n) is 2.52. The van der Waals surface area contributed by atoms with Crippen LogP contribution in [-0.2, 0) is 14.4 Å². The molecule has 0 aromatic heterocycles. The summed E-state index contributed by atoms with van der Waals surface area (Å²) in [6.07, 6.45) is 3.35. The van der Waals surface area contributed by atoms with E-state index in [9.17, 15) is 14.4 Å². The Hall–Kier alpha value is -1.67. The average molecular weight is 314 g/mol. The molecule has 2 amide bonds. The van der Waals surface area contributed by atoms with Crippen molar-refractivity contribution in [1.82, 2.24) is 10.2 Å². The molecule has 8 heteroatoms. The van der Waals surface area contributed by atoms with E-state index in [-0.39, 0.29) is 5.91 Å². The van der Waals surface area contributed by atoms with Gasteiger partial charge in [0.2, 0.25) is 11.8 Å². The first-order chi connectivity index (χ1) is 10.4. The second kappa shape index (κ2) is 8.70. The lowest BCUT2D eigenvalue weighted by Crippen LogP contribution is -2.53. The van der Waals surface area contributed by atoms with Crippen molar-refractivity contribution in [3.63, 3.8) is 0 Å². The predicted molar refractivity (Wildman–Crippen MR) is 80.9 cm³/mol. The largest absolute Gasteiger partial charge is 0.480 e. The first kappa shape index (κ1) is 18.4. The molecule has 1 aliphatic heterocycles. The van der Waals surface area contributed by atoms with Crippen molar-refractivity contribution in [2.75, 3.05) is 13.1 Å². The maximum atomic E-state index is 12.3. The van der Waals surface area contributed by atoms with E-state index in [0.29, 0.717) is 32.4 Å². The van der Waals surface area contributed by atoms with Crippen LogP contribution in [0.4, 0.5) is 0 Å². The lowest BCUT2D eigenvalue weighted by molar-refractivity contribution is -0.143. The molecule has 1 rings (SSSR count). The second-order valence-electron chi connectivity index (χ2n) is 5.65. The summed E-state index contributed by atoms with van der Waals surface area (Å²) in [5, 5.41) is 11.2. The van der Waals surface area contributed by atoms with Gasteiger partial charge < -0.3 is 26.8 Å². The number of carbonyl (C=O) groups excluding carboxylic acids is 2. The van der Waals surface area contributed by atoms with Gasteiger partial charge in [-0.1, -0.05) is 6.42 Å². The number of carboxylic acid groups (broad SMARTS) is 1. The summed E-state index contributed by atoms with van der Waals surface area (Å²) >= 11 is 0. The maximum Gasteiger partial charge on any atom is 0.325 e. The van der Waals surface area contributed by atoms with Gasteiger partial charge in [-0.25, -0.2) is 0 Å². The SMILES string of the molecule is C[C@H](NC(=O)[C@@H]1CCCN1C(=O)[C@@H](N)CCCCN)C(=O)O. The van der Waals surface area contributed by atoms with Crippen LogP contribution in [-0.4, -0.2) is 59.0 Å². The molecular weight excluding hydrogens is 288 g/mol. The molecule has 126 valence electrons. The van der Waals surface area contributed by atoms with E-state index in [1.807, 2.05) is 0 Å². The van der Waals surface area contributed by atoms with Gasteiger partial charge in [0.25, 0.3) is 0 Å². The fraction of sp³-hybridized carbons (Fsp3) is 0.786. The molecule has 1 aliphatic rings. The van der Waals surface area contributed by atoms with Crippen LogP contribution in [0.15, 0.2) is 0 Å². The van der Waals surface area contributed by atoms with Gasteiger partial charge in [-0.3, -0.25) is 14.4 Å². The van der Waals surface area contributed by atoms with Crippen LogP contribution in [0.25, 0.3) is 0 Å². The van der Waals surface area contributed by atoms with Gasteiger partial charge in [0.05, 0.1) is 6.04 Å². The number of nitrogens with one attached hydrogen (secondary N) is 1. The maximum absolute atomic E-state index is 12.3. The standard InChI is InChI=1S/C14H26N4O4/c1-9(14(21)22)17-12(19)11-6-4-8-18(11)13(20)10(16)5-2-3-7-15/h9-11H,2-8,15-16H2,1H3,(H,17,19)(H,21,22)/t9-,10-,11-/m0/s1. The third-order valence-electron chi connectivity index (χ3n) is 3.85. The highest BCUT2D eigenvalue weighted by Crippen LogP contribution is 2.19. The number of unbranched alkanes of at least 4 members (excludes halogenated alkanes) is 1. The summed E-state index contributed by atoms with van der Waals surface area (Å²) < 4.78 is 0. The molecule has 1 heterocycles. The minimum absolute atomic E-state index is 0.252. The van der Waals surface area contributed by atoms with Gasteiger partial charge in [0.15, 0.2) is 0 Å². The zero-order chi connectivity index (χ0) is 16.7. The molecular formula is C14H26N4O4. The van der Waals surface area contributed by atoms with Crippen molar-refractivity contribution in [2.24, 2.45) is 11.5 Å². The van der Waals surface area contributed by atoms with Crippen molar-refractivity contribution >= 4 is 17.8 Å².